The molecule has 0 spiro atoms. The van der Waals surface area contributed by atoms with Gasteiger partial charge in [-0.15, -0.1) is 0 Å². The van der Waals surface area contributed by atoms with Crippen LogP contribution in [0.4, 0.5) is 0 Å². The fraction of sp³-hybridized carbons (Fsp3) is 1.00. The maximum absolute atomic E-state index is 12.3. The lowest BCUT2D eigenvalue weighted by molar-refractivity contribution is 0.184. The predicted molar refractivity (Wildman–Crippen MR) is 73.9 cm³/mol. The summed E-state index contributed by atoms with van der Waals surface area (Å²) < 4.78 is 34.0. The van der Waals surface area contributed by atoms with E-state index in [4.69, 9.17) is 10.5 Å². The van der Waals surface area contributed by atoms with Crippen LogP contribution in [0.15, 0.2) is 0 Å². The Bertz CT molecular complexity index is 368. The zero-order valence-electron chi connectivity index (χ0n) is 11.4. The molecule has 7 heteroatoms. The van der Waals surface area contributed by atoms with Gasteiger partial charge in [0, 0.05) is 38.9 Å². The summed E-state index contributed by atoms with van der Waals surface area (Å²) in [5.41, 5.74) is 5.67. The first-order valence-electron chi connectivity index (χ1n) is 7.17. The molecule has 0 radical (unpaired) electrons. The third-order valence-electron chi connectivity index (χ3n) is 4.01. The van der Waals surface area contributed by atoms with E-state index in [1.54, 1.807) is 4.31 Å². The largest absolute Gasteiger partial charge is 0.381 e. The molecule has 0 amide bonds. The highest BCUT2D eigenvalue weighted by Crippen LogP contribution is 2.19. The summed E-state index contributed by atoms with van der Waals surface area (Å²) in [4.78, 5) is 0. The molecule has 112 valence electrons. The van der Waals surface area contributed by atoms with Gasteiger partial charge >= 0.3 is 0 Å². The van der Waals surface area contributed by atoms with Gasteiger partial charge in [0.1, 0.15) is 0 Å². The fourth-order valence-corrected chi connectivity index (χ4v) is 4.31. The molecule has 19 heavy (non-hydrogen) atoms. The van der Waals surface area contributed by atoms with Gasteiger partial charge in [0.05, 0.1) is 0 Å². The molecule has 0 aromatic heterocycles. The van der Waals surface area contributed by atoms with E-state index in [9.17, 15) is 8.42 Å². The van der Waals surface area contributed by atoms with Crippen LogP contribution in [-0.4, -0.2) is 51.6 Å². The topological polar surface area (TPSA) is 84.7 Å². The zero-order valence-corrected chi connectivity index (χ0v) is 12.2. The molecule has 0 bridgehead atoms. The molecule has 2 saturated heterocycles. The highest BCUT2D eigenvalue weighted by molar-refractivity contribution is 7.87. The van der Waals surface area contributed by atoms with Gasteiger partial charge in [-0.25, -0.2) is 4.72 Å². The molecule has 2 fully saturated rings. The van der Waals surface area contributed by atoms with E-state index < -0.39 is 10.2 Å². The second kappa shape index (κ2) is 6.99. The average Bonchev–Trinajstić information content (AvgIpc) is 2.91. The van der Waals surface area contributed by atoms with Gasteiger partial charge in [-0.3, -0.25) is 0 Å². The molecule has 2 rings (SSSR count). The monoisotopic (exact) mass is 291 g/mol. The summed E-state index contributed by atoms with van der Waals surface area (Å²) >= 11 is 0. The predicted octanol–water partition coefficient (Wildman–Crippen LogP) is 0.0606. The van der Waals surface area contributed by atoms with Crippen LogP contribution in [-0.2, 0) is 14.9 Å². The fourth-order valence-electron chi connectivity index (χ4n) is 2.81. The quantitative estimate of drug-likeness (QED) is 0.725. The molecule has 2 unspecified atom stereocenters. The van der Waals surface area contributed by atoms with Crippen molar-refractivity contribution in [1.29, 1.82) is 0 Å². The molecule has 6 nitrogen and oxygen atoms in total. The van der Waals surface area contributed by atoms with Gasteiger partial charge in [0.25, 0.3) is 10.2 Å². The minimum absolute atomic E-state index is 0.0407. The first-order chi connectivity index (χ1) is 9.13. The highest BCUT2D eigenvalue weighted by Gasteiger charge is 2.31. The molecule has 0 aliphatic carbocycles. The van der Waals surface area contributed by atoms with Crippen molar-refractivity contribution in [2.24, 2.45) is 11.7 Å². The van der Waals surface area contributed by atoms with Gasteiger partial charge in [0.2, 0.25) is 0 Å². The SMILES string of the molecule is NCC1CCCCN1S(=O)(=O)NCCC1CCOC1. The van der Waals surface area contributed by atoms with Crippen molar-refractivity contribution in [1.82, 2.24) is 9.03 Å². The van der Waals surface area contributed by atoms with Crippen molar-refractivity contribution in [3.63, 3.8) is 0 Å². The van der Waals surface area contributed by atoms with Crippen molar-refractivity contribution in [3.05, 3.63) is 0 Å². The van der Waals surface area contributed by atoms with Gasteiger partial charge in [-0.1, -0.05) is 6.42 Å². The van der Waals surface area contributed by atoms with Gasteiger partial charge < -0.3 is 10.5 Å². The number of nitrogens with two attached hydrogens (primary N) is 1. The van der Waals surface area contributed by atoms with Crippen molar-refractivity contribution >= 4 is 10.2 Å². The summed E-state index contributed by atoms with van der Waals surface area (Å²) in [6, 6.07) is -0.0407. The summed E-state index contributed by atoms with van der Waals surface area (Å²) in [5, 5.41) is 0. The Balaban J connectivity index is 1.82. The molecule has 0 aromatic rings. The number of hydrogen-bond acceptors (Lipinski definition) is 4. The van der Waals surface area contributed by atoms with Gasteiger partial charge in [-0.05, 0) is 31.6 Å². The van der Waals surface area contributed by atoms with Crippen LogP contribution in [0, 0.1) is 5.92 Å². The lowest BCUT2D eigenvalue weighted by atomic mass is 10.1. The second-order valence-corrected chi connectivity index (χ2v) is 7.12. The zero-order chi connectivity index (χ0) is 13.7. The summed E-state index contributed by atoms with van der Waals surface area (Å²) in [7, 11) is -3.37. The van der Waals surface area contributed by atoms with E-state index in [-0.39, 0.29) is 6.04 Å². The smallest absolute Gasteiger partial charge is 0.279 e. The van der Waals surface area contributed by atoms with Crippen LogP contribution in [0.2, 0.25) is 0 Å². The second-order valence-electron chi connectivity index (χ2n) is 5.41. The van der Waals surface area contributed by atoms with Crippen molar-refractivity contribution < 1.29 is 13.2 Å². The maximum atomic E-state index is 12.3. The number of hydrogen-bond donors (Lipinski definition) is 2. The van der Waals surface area contributed by atoms with Crippen LogP contribution in [0.5, 0.6) is 0 Å². The Labute approximate surface area is 115 Å². The molecule has 3 N–H and O–H groups in total. The Morgan fingerprint density at radius 2 is 2.16 bits per heavy atom. The summed E-state index contributed by atoms with van der Waals surface area (Å²) in [6.45, 7) is 3.04. The molecular formula is C12H25N3O3S. The van der Waals surface area contributed by atoms with E-state index >= 15 is 0 Å². The number of nitrogens with zero attached hydrogens (tertiary/aromatic N) is 1. The van der Waals surface area contributed by atoms with Crippen molar-refractivity contribution in [2.75, 3.05) is 32.8 Å². The lowest BCUT2D eigenvalue weighted by Gasteiger charge is -2.33. The van der Waals surface area contributed by atoms with Crippen molar-refractivity contribution in [2.45, 2.75) is 38.1 Å². The molecule has 2 aliphatic heterocycles. The average molecular weight is 291 g/mol. The Morgan fingerprint density at radius 1 is 1.32 bits per heavy atom. The number of piperidine rings is 1. The first-order valence-corrected chi connectivity index (χ1v) is 8.61. The normalized spacial score (nSPS) is 29.7. The van der Waals surface area contributed by atoms with Crippen LogP contribution >= 0.6 is 0 Å². The number of nitrogens with one attached hydrogen (secondary N) is 1. The minimum atomic E-state index is -3.37. The summed E-state index contributed by atoms with van der Waals surface area (Å²) in [6.07, 6.45) is 4.74. The molecule has 0 aromatic carbocycles. The van der Waals surface area contributed by atoms with E-state index in [0.717, 1.165) is 45.3 Å². The van der Waals surface area contributed by atoms with Crippen LogP contribution < -0.4 is 10.5 Å². The maximum Gasteiger partial charge on any atom is 0.279 e. The van der Waals surface area contributed by atoms with Crippen LogP contribution in [0.3, 0.4) is 0 Å². The van der Waals surface area contributed by atoms with Crippen molar-refractivity contribution in [3.8, 4) is 0 Å². The third-order valence-corrected chi connectivity index (χ3v) is 5.68. The molecular weight excluding hydrogens is 266 g/mol. The standard InChI is InChI=1S/C12H25N3O3S/c13-9-12-3-1-2-7-15(12)19(16,17)14-6-4-11-5-8-18-10-11/h11-12,14H,1-10,13H2. The first kappa shape index (κ1) is 15.2. The van der Waals surface area contributed by atoms with E-state index in [2.05, 4.69) is 4.72 Å². The molecule has 2 aliphatic rings. The van der Waals surface area contributed by atoms with Crippen LogP contribution in [0.1, 0.15) is 32.1 Å². The number of rotatable bonds is 6. The van der Waals surface area contributed by atoms with E-state index in [1.807, 2.05) is 0 Å². The summed E-state index contributed by atoms with van der Waals surface area (Å²) in [5.74, 6) is 0.495. The van der Waals surface area contributed by atoms with E-state index in [1.165, 1.54) is 0 Å². The minimum Gasteiger partial charge on any atom is -0.381 e. The van der Waals surface area contributed by atoms with Gasteiger partial charge in [0.15, 0.2) is 0 Å². The Morgan fingerprint density at radius 3 is 2.84 bits per heavy atom. The molecule has 2 atom stereocenters. The number of ether oxygens (including phenoxy) is 1. The molecule has 2 heterocycles. The Hall–Kier alpha value is -0.210. The van der Waals surface area contributed by atoms with Crippen LogP contribution in [0.25, 0.3) is 0 Å². The van der Waals surface area contributed by atoms with E-state index in [0.29, 0.717) is 25.6 Å². The Kier molecular flexibility index (Phi) is 5.58. The lowest BCUT2D eigenvalue weighted by Crippen LogP contribution is -2.51. The van der Waals surface area contributed by atoms with Gasteiger partial charge in [-0.2, -0.15) is 12.7 Å². The highest BCUT2D eigenvalue weighted by atomic mass is 32.2. The third kappa shape index (κ3) is 4.13. The molecule has 0 saturated carbocycles.